The number of aromatic nitrogens is 2. The molecule has 0 saturated carbocycles. The van der Waals surface area contributed by atoms with Crippen LogP contribution in [-0.2, 0) is 0 Å². The number of benzene rings is 3. The Hall–Kier alpha value is -3.73. The van der Waals surface area contributed by atoms with Crippen LogP contribution in [0.3, 0.4) is 0 Å². The van der Waals surface area contributed by atoms with Gasteiger partial charge >= 0.3 is 0 Å². The van der Waals surface area contributed by atoms with E-state index in [0.717, 1.165) is 22.5 Å². The average molecular weight is 410 g/mol. The number of aryl methyl sites for hydroxylation is 2. The number of nitrogens with zero attached hydrogens (tertiary/aromatic N) is 4. The molecule has 0 fully saturated rings. The van der Waals surface area contributed by atoms with Gasteiger partial charge in [0.25, 0.3) is 0 Å². The van der Waals surface area contributed by atoms with Crippen molar-refractivity contribution in [2.24, 2.45) is 5.10 Å². The largest absolute Gasteiger partial charge is 0.326 e. The molecule has 0 bridgehead atoms. The quantitative estimate of drug-likeness (QED) is 0.423. The van der Waals surface area contributed by atoms with E-state index in [1.54, 1.807) is 18.3 Å². The van der Waals surface area contributed by atoms with E-state index in [-0.39, 0.29) is 17.9 Å². The number of imidazole rings is 1. The Morgan fingerprint density at radius 2 is 1.42 bits per heavy atom. The second-order valence-electron chi connectivity index (χ2n) is 7.98. The Kier molecular flexibility index (Phi) is 4.86. The van der Waals surface area contributed by atoms with Gasteiger partial charge in [-0.15, -0.1) is 0 Å². The molecule has 0 spiro atoms. The lowest BCUT2D eigenvalue weighted by Gasteiger charge is -2.29. The molecule has 0 N–H and O–H groups in total. The number of hydrazone groups is 1. The second-order valence-corrected chi connectivity index (χ2v) is 7.98. The maximum absolute atomic E-state index is 13.7. The lowest BCUT2D eigenvalue weighted by atomic mass is 9.92. The lowest BCUT2D eigenvalue weighted by molar-refractivity contribution is 0.526. The summed E-state index contributed by atoms with van der Waals surface area (Å²) in [5.74, 6) is -0.260. The van der Waals surface area contributed by atoms with Crippen LogP contribution in [0.5, 0.6) is 0 Å². The average Bonchev–Trinajstić information content (AvgIpc) is 3.43. The second kappa shape index (κ2) is 7.84. The highest BCUT2D eigenvalue weighted by atomic mass is 19.1. The van der Waals surface area contributed by atoms with E-state index in [4.69, 9.17) is 5.10 Å². The maximum Gasteiger partial charge on any atom is 0.123 e. The third-order valence-electron chi connectivity index (χ3n) is 5.76. The van der Waals surface area contributed by atoms with E-state index in [9.17, 15) is 4.39 Å². The summed E-state index contributed by atoms with van der Waals surface area (Å²) in [7, 11) is 0. The number of hydrogen-bond donors (Lipinski definition) is 0. The van der Waals surface area contributed by atoms with E-state index in [1.807, 2.05) is 17.5 Å². The van der Waals surface area contributed by atoms with Gasteiger partial charge in [-0.05, 0) is 43.7 Å². The zero-order chi connectivity index (χ0) is 21.4. The topological polar surface area (TPSA) is 33.4 Å². The van der Waals surface area contributed by atoms with Gasteiger partial charge in [-0.1, -0.05) is 59.7 Å². The molecule has 154 valence electrons. The monoisotopic (exact) mass is 410 g/mol. The molecule has 4 aromatic rings. The molecule has 3 aromatic carbocycles. The summed E-state index contributed by atoms with van der Waals surface area (Å²) in [6.45, 7) is 4.16. The van der Waals surface area contributed by atoms with Crippen LogP contribution in [-0.4, -0.2) is 15.3 Å². The Labute approximate surface area is 181 Å². The predicted molar refractivity (Wildman–Crippen MR) is 122 cm³/mol. The van der Waals surface area contributed by atoms with E-state index < -0.39 is 0 Å². The van der Waals surface area contributed by atoms with Crippen molar-refractivity contribution in [3.63, 3.8) is 0 Å². The molecule has 1 aromatic heterocycles. The summed E-state index contributed by atoms with van der Waals surface area (Å²) < 4.78 is 15.8. The van der Waals surface area contributed by atoms with Crippen molar-refractivity contribution in [2.75, 3.05) is 5.01 Å². The first kappa shape index (κ1) is 19.2. The van der Waals surface area contributed by atoms with Crippen LogP contribution >= 0.6 is 0 Å². The van der Waals surface area contributed by atoms with Crippen LogP contribution in [0.4, 0.5) is 10.1 Å². The SMILES string of the molecule is Cc1ccc(C2=NN(c3ccc(F)cc3)C(c3ccc(C)cc3)C2n2ccnc2)cc1. The van der Waals surface area contributed by atoms with Gasteiger partial charge in [0.2, 0.25) is 0 Å². The summed E-state index contributed by atoms with van der Waals surface area (Å²) in [5.41, 5.74) is 6.40. The third-order valence-corrected chi connectivity index (χ3v) is 5.76. The van der Waals surface area contributed by atoms with Gasteiger partial charge in [-0.2, -0.15) is 5.10 Å². The molecule has 0 aliphatic carbocycles. The van der Waals surface area contributed by atoms with Gasteiger partial charge in [-0.25, -0.2) is 9.37 Å². The molecule has 2 atom stereocenters. The first-order valence-electron chi connectivity index (χ1n) is 10.3. The van der Waals surface area contributed by atoms with E-state index in [0.29, 0.717) is 0 Å². The standard InChI is InChI=1S/C26H23FN4/c1-18-3-7-20(8-4-18)24-26(30-16-15-28-17-30)25(21-9-5-19(2)6-10-21)31(29-24)23-13-11-22(27)12-14-23/h3-17,25-26H,1-2H3. The van der Waals surface area contributed by atoms with Crippen LogP contribution in [0.1, 0.15) is 34.3 Å². The number of hydrogen-bond acceptors (Lipinski definition) is 3. The summed E-state index contributed by atoms with van der Waals surface area (Å²) >= 11 is 0. The van der Waals surface area contributed by atoms with Crippen LogP contribution in [0.2, 0.25) is 0 Å². The normalized spacial score (nSPS) is 18.3. The summed E-state index contributed by atoms with van der Waals surface area (Å²) in [5, 5.41) is 7.09. The van der Waals surface area contributed by atoms with Crippen LogP contribution in [0, 0.1) is 19.7 Å². The maximum atomic E-state index is 13.7. The van der Waals surface area contributed by atoms with Gasteiger partial charge < -0.3 is 4.57 Å². The van der Waals surface area contributed by atoms with Crippen molar-refractivity contribution < 1.29 is 4.39 Å². The van der Waals surface area contributed by atoms with Gasteiger partial charge in [0.15, 0.2) is 0 Å². The molecule has 2 unspecified atom stereocenters. The molecular weight excluding hydrogens is 387 g/mol. The van der Waals surface area contributed by atoms with Gasteiger partial charge in [-0.3, -0.25) is 5.01 Å². The van der Waals surface area contributed by atoms with Crippen molar-refractivity contribution >= 4 is 11.4 Å². The number of anilines is 1. The first-order chi connectivity index (χ1) is 15.1. The zero-order valence-corrected chi connectivity index (χ0v) is 17.5. The van der Waals surface area contributed by atoms with Crippen molar-refractivity contribution in [3.8, 4) is 0 Å². The Morgan fingerprint density at radius 3 is 2.03 bits per heavy atom. The van der Waals surface area contributed by atoms with Crippen LogP contribution < -0.4 is 5.01 Å². The minimum Gasteiger partial charge on any atom is -0.326 e. The van der Waals surface area contributed by atoms with E-state index >= 15 is 0 Å². The van der Waals surface area contributed by atoms with Gasteiger partial charge in [0.05, 0.1) is 17.7 Å². The van der Waals surface area contributed by atoms with E-state index in [2.05, 4.69) is 71.9 Å². The Balaban J connectivity index is 1.70. The number of halogens is 1. The molecule has 1 aliphatic rings. The van der Waals surface area contributed by atoms with Gasteiger partial charge in [0.1, 0.15) is 17.9 Å². The molecule has 5 rings (SSSR count). The third kappa shape index (κ3) is 3.63. The molecule has 5 heteroatoms. The lowest BCUT2D eigenvalue weighted by Crippen LogP contribution is -2.28. The summed E-state index contributed by atoms with van der Waals surface area (Å²) in [4.78, 5) is 4.30. The van der Waals surface area contributed by atoms with Crippen molar-refractivity contribution in [1.29, 1.82) is 0 Å². The Bertz CT molecular complexity index is 1190. The molecule has 0 saturated heterocycles. The molecular formula is C26H23FN4. The first-order valence-corrected chi connectivity index (χ1v) is 10.3. The predicted octanol–water partition coefficient (Wildman–Crippen LogP) is 5.85. The highest BCUT2D eigenvalue weighted by molar-refractivity contribution is 6.06. The fourth-order valence-corrected chi connectivity index (χ4v) is 4.11. The molecule has 31 heavy (non-hydrogen) atoms. The van der Waals surface area contributed by atoms with Gasteiger partial charge in [0, 0.05) is 18.0 Å². The van der Waals surface area contributed by atoms with Crippen LogP contribution in [0.25, 0.3) is 0 Å². The summed E-state index contributed by atoms with van der Waals surface area (Å²) in [6, 6.07) is 23.3. The fraction of sp³-hybridized carbons (Fsp3) is 0.154. The number of rotatable bonds is 4. The molecule has 4 nitrogen and oxygen atoms in total. The molecule has 1 aliphatic heterocycles. The fourth-order valence-electron chi connectivity index (χ4n) is 4.11. The molecule has 0 amide bonds. The van der Waals surface area contributed by atoms with Crippen molar-refractivity contribution in [1.82, 2.24) is 9.55 Å². The van der Waals surface area contributed by atoms with E-state index in [1.165, 1.54) is 23.3 Å². The highest BCUT2D eigenvalue weighted by Gasteiger charge is 2.40. The molecule has 0 radical (unpaired) electrons. The minimum absolute atomic E-state index is 0.0852. The Morgan fingerprint density at radius 1 is 0.774 bits per heavy atom. The highest BCUT2D eigenvalue weighted by Crippen LogP contribution is 2.43. The van der Waals surface area contributed by atoms with Crippen molar-refractivity contribution in [3.05, 3.63) is 120 Å². The summed E-state index contributed by atoms with van der Waals surface area (Å²) in [6.07, 6.45) is 5.60. The minimum atomic E-state index is -0.260. The smallest absolute Gasteiger partial charge is 0.123 e. The van der Waals surface area contributed by atoms with Crippen LogP contribution in [0.15, 0.2) is 96.6 Å². The van der Waals surface area contributed by atoms with Crippen molar-refractivity contribution in [2.45, 2.75) is 25.9 Å². The molecule has 2 heterocycles. The zero-order valence-electron chi connectivity index (χ0n) is 17.5.